The molecule has 2 aliphatic carbocycles. The molecule has 2 saturated carbocycles. The first-order valence-electron chi connectivity index (χ1n) is 15.0. The highest BCUT2D eigenvalue weighted by Crippen LogP contribution is 2.38. The van der Waals surface area contributed by atoms with Gasteiger partial charge < -0.3 is 26.0 Å². The van der Waals surface area contributed by atoms with Gasteiger partial charge in [-0.2, -0.15) is 0 Å². The average Bonchev–Trinajstić information content (AvgIpc) is 3.33. The Bertz CT molecular complexity index is 1110. The SMILES string of the molecule is CC1CCC(C(=O)N(c2cc(C#CC(C)(C)C)sc2C(N)=O)C2CCC(NC(=O)O[C@@H]3CCCNC3)CC2)CC1. The van der Waals surface area contributed by atoms with Gasteiger partial charge in [-0.05, 0) is 104 Å². The third-order valence-corrected chi connectivity index (χ3v) is 9.32. The smallest absolute Gasteiger partial charge is 0.407 e. The Balaban J connectivity index is 1.52. The molecular weight excluding hydrogens is 524 g/mol. The highest BCUT2D eigenvalue weighted by Gasteiger charge is 2.37. The van der Waals surface area contributed by atoms with Gasteiger partial charge in [0.1, 0.15) is 11.0 Å². The Kier molecular flexibility index (Phi) is 10.2. The average molecular weight is 571 g/mol. The van der Waals surface area contributed by atoms with Crippen molar-refractivity contribution in [1.29, 1.82) is 0 Å². The van der Waals surface area contributed by atoms with E-state index in [1.54, 1.807) is 0 Å². The number of anilines is 1. The van der Waals surface area contributed by atoms with Crippen LogP contribution < -0.4 is 21.3 Å². The van der Waals surface area contributed by atoms with Gasteiger partial charge in [0, 0.05) is 30.0 Å². The van der Waals surface area contributed by atoms with E-state index in [0.29, 0.717) is 23.0 Å². The summed E-state index contributed by atoms with van der Waals surface area (Å²) in [5.41, 5.74) is 6.26. The van der Waals surface area contributed by atoms with Crippen molar-refractivity contribution >= 4 is 34.9 Å². The lowest BCUT2D eigenvalue weighted by Crippen LogP contribution is -2.49. The first-order valence-corrected chi connectivity index (χ1v) is 15.8. The quantitative estimate of drug-likeness (QED) is 0.407. The van der Waals surface area contributed by atoms with Crippen LogP contribution in [0, 0.1) is 29.1 Å². The third-order valence-electron chi connectivity index (χ3n) is 8.27. The Morgan fingerprint density at radius 2 is 1.77 bits per heavy atom. The van der Waals surface area contributed by atoms with Gasteiger partial charge in [0.05, 0.1) is 10.6 Å². The Labute approximate surface area is 243 Å². The lowest BCUT2D eigenvalue weighted by molar-refractivity contribution is -0.124. The van der Waals surface area contributed by atoms with E-state index in [1.165, 1.54) is 11.3 Å². The predicted octanol–water partition coefficient (Wildman–Crippen LogP) is 5.19. The summed E-state index contributed by atoms with van der Waals surface area (Å²) in [6.45, 7) is 10.0. The zero-order valence-electron chi connectivity index (χ0n) is 24.5. The number of hydrogen-bond acceptors (Lipinski definition) is 6. The van der Waals surface area contributed by atoms with E-state index in [4.69, 9.17) is 10.5 Å². The highest BCUT2D eigenvalue weighted by molar-refractivity contribution is 7.15. The first kappa shape index (κ1) is 30.4. The topological polar surface area (TPSA) is 114 Å². The Morgan fingerprint density at radius 1 is 1.07 bits per heavy atom. The molecule has 0 spiro atoms. The van der Waals surface area contributed by atoms with Gasteiger partial charge in [-0.3, -0.25) is 9.59 Å². The van der Waals surface area contributed by atoms with E-state index in [9.17, 15) is 14.4 Å². The number of carbonyl (C=O) groups is 3. The van der Waals surface area contributed by atoms with Crippen LogP contribution in [0.5, 0.6) is 0 Å². The normalized spacial score (nSPS) is 27.1. The molecule has 1 saturated heterocycles. The van der Waals surface area contributed by atoms with Crippen molar-refractivity contribution in [3.05, 3.63) is 15.8 Å². The number of amides is 3. The highest BCUT2D eigenvalue weighted by atomic mass is 32.1. The maximum absolute atomic E-state index is 14.1. The summed E-state index contributed by atoms with van der Waals surface area (Å²) in [6.07, 6.45) is 8.16. The number of alkyl carbamates (subject to hydrolysis) is 1. The number of nitrogens with zero attached hydrogens (tertiary/aromatic N) is 1. The molecule has 0 aromatic carbocycles. The van der Waals surface area contributed by atoms with Gasteiger partial charge in [-0.25, -0.2) is 4.79 Å². The molecule has 9 heteroatoms. The lowest BCUT2D eigenvalue weighted by Gasteiger charge is -2.39. The summed E-state index contributed by atoms with van der Waals surface area (Å²) >= 11 is 1.27. The predicted molar refractivity (Wildman–Crippen MR) is 159 cm³/mol. The van der Waals surface area contributed by atoms with Crippen LogP contribution >= 0.6 is 11.3 Å². The van der Waals surface area contributed by atoms with Crippen molar-refractivity contribution in [2.45, 2.75) is 110 Å². The van der Waals surface area contributed by atoms with Crippen molar-refractivity contribution < 1.29 is 19.1 Å². The maximum atomic E-state index is 14.1. The van der Waals surface area contributed by atoms with Gasteiger partial charge in [-0.1, -0.05) is 18.8 Å². The minimum atomic E-state index is -0.533. The molecule has 3 aliphatic rings. The molecule has 4 rings (SSSR count). The molecule has 3 fully saturated rings. The molecule has 2 heterocycles. The Morgan fingerprint density at radius 3 is 2.38 bits per heavy atom. The number of carbonyl (C=O) groups excluding carboxylic acids is 3. The number of ether oxygens (including phenoxy) is 1. The summed E-state index contributed by atoms with van der Waals surface area (Å²) in [4.78, 5) is 42.2. The standard InChI is InChI=1S/C31H46N4O4S/c1-20-7-9-21(10-8-20)29(37)35(26-18-25(15-16-31(2,3)4)40-27(26)28(32)36)23-13-11-22(12-14-23)34-30(38)39-24-6-5-17-33-19-24/h18,20-24,33H,5-14,17,19H2,1-4H3,(H2,32,36)(H,34,38)/t20?,21?,22?,23?,24-/m1/s1. The molecule has 220 valence electrons. The number of piperidine rings is 1. The third kappa shape index (κ3) is 8.23. The lowest BCUT2D eigenvalue weighted by atomic mass is 9.81. The molecule has 1 atom stereocenters. The fourth-order valence-electron chi connectivity index (χ4n) is 6.00. The van der Waals surface area contributed by atoms with Crippen molar-refractivity contribution in [2.75, 3.05) is 18.0 Å². The van der Waals surface area contributed by atoms with Crippen LogP contribution in [0.25, 0.3) is 0 Å². The molecule has 3 amide bonds. The number of hydrogen-bond donors (Lipinski definition) is 3. The molecule has 0 unspecified atom stereocenters. The van der Waals surface area contributed by atoms with Crippen LogP contribution in [0.3, 0.4) is 0 Å². The zero-order valence-corrected chi connectivity index (χ0v) is 25.3. The van der Waals surface area contributed by atoms with E-state index < -0.39 is 5.91 Å². The molecule has 0 bridgehead atoms. The van der Waals surface area contributed by atoms with Crippen molar-refractivity contribution in [3.8, 4) is 11.8 Å². The van der Waals surface area contributed by atoms with E-state index in [2.05, 4.69) is 29.4 Å². The Hall–Kier alpha value is -2.57. The number of nitrogens with one attached hydrogen (secondary N) is 2. The molecule has 1 aliphatic heterocycles. The monoisotopic (exact) mass is 570 g/mol. The molecule has 0 radical (unpaired) electrons. The summed E-state index contributed by atoms with van der Waals surface area (Å²) in [7, 11) is 0. The largest absolute Gasteiger partial charge is 0.445 e. The van der Waals surface area contributed by atoms with Crippen LogP contribution in [0.1, 0.15) is 106 Å². The van der Waals surface area contributed by atoms with Gasteiger partial charge in [0.15, 0.2) is 0 Å². The van der Waals surface area contributed by atoms with Gasteiger partial charge in [0.2, 0.25) is 5.91 Å². The van der Waals surface area contributed by atoms with Crippen LogP contribution in [0.2, 0.25) is 0 Å². The molecule has 4 N–H and O–H groups in total. The molecule has 1 aromatic heterocycles. The summed E-state index contributed by atoms with van der Waals surface area (Å²) in [5, 5.41) is 6.31. The number of primary amides is 1. The minimum Gasteiger partial charge on any atom is -0.445 e. The van der Waals surface area contributed by atoms with Gasteiger partial charge >= 0.3 is 6.09 Å². The second-order valence-corrected chi connectivity index (χ2v) is 13.9. The van der Waals surface area contributed by atoms with E-state index >= 15 is 0 Å². The maximum Gasteiger partial charge on any atom is 0.407 e. The van der Waals surface area contributed by atoms with E-state index in [-0.39, 0.29) is 41.5 Å². The second kappa shape index (κ2) is 13.4. The van der Waals surface area contributed by atoms with Crippen LogP contribution in [-0.2, 0) is 9.53 Å². The molecular formula is C31H46N4O4S. The number of rotatable bonds is 6. The summed E-state index contributed by atoms with van der Waals surface area (Å²) in [5.74, 6) is 6.56. The van der Waals surface area contributed by atoms with E-state index in [1.807, 2.05) is 31.7 Å². The van der Waals surface area contributed by atoms with Crippen LogP contribution in [0.15, 0.2) is 6.07 Å². The minimum absolute atomic E-state index is 0.000851. The molecule has 8 nitrogen and oxygen atoms in total. The first-order chi connectivity index (χ1) is 19.0. The van der Waals surface area contributed by atoms with Gasteiger partial charge in [0.25, 0.3) is 5.91 Å². The van der Waals surface area contributed by atoms with Crippen molar-refractivity contribution in [1.82, 2.24) is 10.6 Å². The van der Waals surface area contributed by atoms with Crippen LogP contribution in [0.4, 0.5) is 10.5 Å². The molecule has 40 heavy (non-hydrogen) atoms. The number of nitrogens with two attached hydrogens (primary N) is 1. The summed E-state index contributed by atoms with van der Waals surface area (Å²) < 4.78 is 5.62. The van der Waals surface area contributed by atoms with Crippen molar-refractivity contribution in [2.24, 2.45) is 23.0 Å². The zero-order chi connectivity index (χ0) is 28.9. The van der Waals surface area contributed by atoms with E-state index in [0.717, 1.165) is 75.6 Å². The van der Waals surface area contributed by atoms with Crippen molar-refractivity contribution in [3.63, 3.8) is 0 Å². The van der Waals surface area contributed by atoms with Crippen LogP contribution in [-0.4, -0.2) is 49.2 Å². The summed E-state index contributed by atoms with van der Waals surface area (Å²) in [6, 6.07) is 1.81. The number of thiophene rings is 1. The fraction of sp³-hybridized carbons (Fsp3) is 0.710. The fourth-order valence-corrected chi connectivity index (χ4v) is 6.85. The second-order valence-electron chi connectivity index (χ2n) is 12.9. The van der Waals surface area contributed by atoms with Gasteiger partial charge in [-0.15, -0.1) is 11.3 Å². The molecule has 1 aromatic rings.